The number of rotatable bonds is 4. The summed E-state index contributed by atoms with van der Waals surface area (Å²) in [5, 5.41) is 0. The summed E-state index contributed by atoms with van der Waals surface area (Å²) in [6, 6.07) is 13.3. The van der Waals surface area contributed by atoms with Crippen LogP contribution in [0.25, 0.3) is 0 Å². The predicted molar refractivity (Wildman–Crippen MR) is 91.6 cm³/mol. The van der Waals surface area contributed by atoms with Crippen LogP contribution in [-0.2, 0) is 6.11 Å². The second-order valence-electron chi connectivity index (χ2n) is 6.63. The van der Waals surface area contributed by atoms with Crippen LogP contribution in [0.5, 0.6) is 5.75 Å². The van der Waals surface area contributed by atoms with Crippen LogP contribution in [0.2, 0.25) is 0 Å². The van der Waals surface area contributed by atoms with Crippen LogP contribution in [-0.4, -0.2) is 25.0 Å². The van der Waals surface area contributed by atoms with E-state index in [-0.39, 0.29) is 11.3 Å². The summed E-state index contributed by atoms with van der Waals surface area (Å²) in [5.74, 6) is 0.631. The van der Waals surface area contributed by atoms with Crippen LogP contribution in [0, 0.1) is 6.92 Å². The Bertz CT molecular complexity index is 659. The third kappa shape index (κ3) is 3.93. The number of nitrogens with zero attached hydrogens (tertiary/aromatic N) is 1. The van der Waals surface area contributed by atoms with Gasteiger partial charge in [0.1, 0.15) is 5.75 Å². The molecule has 2 nitrogen and oxygen atoms in total. The van der Waals surface area contributed by atoms with Crippen LogP contribution < -0.4 is 4.74 Å². The molecule has 1 saturated heterocycles. The summed E-state index contributed by atoms with van der Waals surface area (Å²) in [5.41, 5.74) is 2.03. The molecular weight excluding hydrogens is 308 g/mol. The average molecular weight is 331 g/mol. The first-order valence-corrected chi connectivity index (χ1v) is 8.36. The molecule has 0 aliphatic carbocycles. The Morgan fingerprint density at radius 1 is 0.958 bits per heavy atom. The smallest absolute Gasteiger partial charge is 0.426 e. The zero-order chi connectivity index (χ0) is 17.2. The van der Waals surface area contributed by atoms with Crippen molar-refractivity contribution in [3.05, 3.63) is 65.2 Å². The van der Waals surface area contributed by atoms with E-state index in [2.05, 4.69) is 11.9 Å². The average Bonchev–Trinajstić information content (AvgIpc) is 2.58. The van der Waals surface area contributed by atoms with Crippen molar-refractivity contribution in [3.8, 4) is 5.75 Å². The Morgan fingerprint density at radius 3 is 2.12 bits per heavy atom. The lowest BCUT2D eigenvalue weighted by Gasteiger charge is -2.29. The van der Waals surface area contributed by atoms with Gasteiger partial charge in [-0.1, -0.05) is 29.8 Å². The summed E-state index contributed by atoms with van der Waals surface area (Å²) in [4.78, 5) is 2.30. The zero-order valence-electron chi connectivity index (χ0n) is 14.1. The summed E-state index contributed by atoms with van der Waals surface area (Å²) in [7, 11) is 2.11. The second kappa shape index (κ2) is 6.89. The van der Waals surface area contributed by atoms with Gasteiger partial charge in [0.2, 0.25) is 0 Å². The molecule has 0 atom stereocenters. The quantitative estimate of drug-likeness (QED) is 0.787. The molecule has 0 bridgehead atoms. The van der Waals surface area contributed by atoms with Crippen molar-refractivity contribution >= 4 is 0 Å². The van der Waals surface area contributed by atoms with E-state index < -0.39 is 6.11 Å². The van der Waals surface area contributed by atoms with Crippen molar-refractivity contribution in [2.75, 3.05) is 20.1 Å². The van der Waals surface area contributed by atoms with E-state index in [0.717, 1.165) is 37.1 Å². The van der Waals surface area contributed by atoms with Gasteiger partial charge in [0, 0.05) is 0 Å². The van der Waals surface area contributed by atoms with E-state index >= 15 is 0 Å². The minimum atomic E-state index is -3.33. The molecule has 2 aromatic rings. The van der Waals surface area contributed by atoms with Crippen LogP contribution in [0.4, 0.5) is 8.78 Å². The van der Waals surface area contributed by atoms with Crippen LogP contribution in [0.3, 0.4) is 0 Å². The van der Waals surface area contributed by atoms with Gasteiger partial charge in [-0.2, -0.15) is 8.78 Å². The van der Waals surface area contributed by atoms with Gasteiger partial charge in [0.25, 0.3) is 0 Å². The largest absolute Gasteiger partial charge is 0.429 e. The lowest BCUT2D eigenvalue weighted by atomic mass is 9.89. The molecular formula is C20H23F2NO. The van der Waals surface area contributed by atoms with Crippen molar-refractivity contribution in [1.29, 1.82) is 0 Å². The maximum absolute atomic E-state index is 14.3. The van der Waals surface area contributed by atoms with Gasteiger partial charge in [0.05, 0.1) is 5.56 Å². The number of benzene rings is 2. The maximum atomic E-state index is 14.3. The van der Waals surface area contributed by atoms with Gasteiger partial charge in [0.15, 0.2) is 0 Å². The minimum Gasteiger partial charge on any atom is -0.429 e. The summed E-state index contributed by atoms with van der Waals surface area (Å²) >= 11 is 0. The molecule has 3 rings (SSSR count). The van der Waals surface area contributed by atoms with Crippen LogP contribution >= 0.6 is 0 Å². The number of hydrogen-bond donors (Lipinski definition) is 0. The molecule has 4 heteroatoms. The Balaban J connectivity index is 1.70. The number of likely N-dealkylation sites (tertiary alicyclic amines) is 1. The van der Waals surface area contributed by atoms with E-state index in [1.807, 2.05) is 19.1 Å². The Labute approximate surface area is 142 Å². The Kier molecular flexibility index (Phi) is 4.86. The van der Waals surface area contributed by atoms with Gasteiger partial charge in [-0.15, -0.1) is 0 Å². The van der Waals surface area contributed by atoms with E-state index in [0.29, 0.717) is 5.92 Å². The maximum Gasteiger partial charge on any atom is 0.426 e. The fraction of sp³-hybridized carbons (Fsp3) is 0.400. The van der Waals surface area contributed by atoms with Crippen molar-refractivity contribution in [2.45, 2.75) is 31.8 Å². The summed E-state index contributed by atoms with van der Waals surface area (Å²) in [6.07, 6.45) is -1.18. The summed E-state index contributed by atoms with van der Waals surface area (Å²) < 4.78 is 33.6. The van der Waals surface area contributed by atoms with Crippen molar-refractivity contribution in [1.82, 2.24) is 4.90 Å². The lowest BCUT2D eigenvalue weighted by molar-refractivity contribution is -0.185. The Hall–Kier alpha value is -1.94. The third-order valence-corrected chi connectivity index (χ3v) is 4.70. The van der Waals surface area contributed by atoms with E-state index in [4.69, 9.17) is 4.74 Å². The standard InChI is InChI=1S/C20H23F2NO/c1-15-3-9-19(10-4-15)24-20(21,22)18-7-5-16(6-8-18)17-11-13-23(2)14-12-17/h3-10,17H,11-14H2,1-2H3. The number of aryl methyl sites for hydroxylation is 1. The molecule has 0 saturated carbocycles. The van der Waals surface area contributed by atoms with Gasteiger partial charge in [-0.3, -0.25) is 0 Å². The first-order valence-electron chi connectivity index (χ1n) is 8.36. The van der Waals surface area contributed by atoms with Crippen LogP contribution in [0.1, 0.15) is 35.4 Å². The highest BCUT2D eigenvalue weighted by Gasteiger charge is 2.34. The van der Waals surface area contributed by atoms with Gasteiger partial charge >= 0.3 is 6.11 Å². The first kappa shape index (κ1) is 16.9. The number of ether oxygens (including phenoxy) is 1. The van der Waals surface area contributed by atoms with Gasteiger partial charge in [-0.05, 0) is 75.6 Å². The highest BCUT2D eigenvalue weighted by atomic mass is 19.3. The molecule has 0 aromatic heterocycles. The fourth-order valence-corrected chi connectivity index (χ4v) is 3.10. The number of halogens is 2. The van der Waals surface area contributed by atoms with Crippen LogP contribution in [0.15, 0.2) is 48.5 Å². The molecule has 1 fully saturated rings. The molecule has 0 radical (unpaired) electrons. The normalized spacial score (nSPS) is 17.0. The highest BCUT2D eigenvalue weighted by Crippen LogP contribution is 2.34. The van der Waals surface area contributed by atoms with Crippen molar-refractivity contribution in [2.24, 2.45) is 0 Å². The molecule has 1 aliphatic heterocycles. The topological polar surface area (TPSA) is 12.5 Å². The highest BCUT2D eigenvalue weighted by molar-refractivity contribution is 5.30. The number of hydrogen-bond acceptors (Lipinski definition) is 2. The molecule has 0 unspecified atom stereocenters. The molecule has 24 heavy (non-hydrogen) atoms. The lowest BCUT2D eigenvalue weighted by Crippen LogP contribution is -2.29. The molecule has 0 spiro atoms. The van der Waals surface area contributed by atoms with Gasteiger partial charge < -0.3 is 9.64 Å². The monoisotopic (exact) mass is 331 g/mol. The SMILES string of the molecule is Cc1ccc(OC(F)(F)c2ccc(C3CCN(C)CC3)cc2)cc1. The summed E-state index contributed by atoms with van der Waals surface area (Å²) in [6.45, 7) is 4.02. The molecule has 0 amide bonds. The number of alkyl halides is 2. The van der Waals surface area contributed by atoms with E-state index in [9.17, 15) is 8.78 Å². The second-order valence-corrected chi connectivity index (χ2v) is 6.63. The fourth-order valence-electron chi connectivity index (χ4n) is 3.10. The molecule has 1 heterocycles. The number of piperidine rings is 1. The predicted octanol–water partition coefficient (Wildman–Crippen LogP) is 4.93. The van der Waals surface area contributed by atoms with E-state index in [1.165, 1.54) is 12.1 Å². The molecule has 128 valence electrons. The third-order valence-electron chi connectivity index (χ3n) is 4.70. The van der Waals surface area contributed by atoms with Gasteiger partial charge in [-0.25, -0.2) is 0 Å². The molecule has 0 N–H and O–H groups in total. The Morgan fingerprint density at radius 2 is 1.54 bits per heavy atom. The van der Waals surface area contributed by atoms with E-state index in [1.54, 1.807) is 24.3 Å². The zero-order valence-corrected chi connectivity index (χ0v) is 14.1. The van der Waals surface area contributed by atoms with Crippen molar-refractivity contribution < 1.29 is 13.5 Å². The molecule has 2 aromatic carbocycles. The molecule has 1 aliphatic rings. The first-order chi connectivity index (χ1) is 11.4. The minimum absolute atomic E-state index is 0.111. The van der Waals surface area contributed by atoms with Crippen molar-refractivity contribution in [3.63, 3.8) is 0 Å².